The second kappa shape index (κ2) is 3.28. The SMILES string of the molecule is Cn1c2[n+](c3c1cc1ccccn13)Cc1ccncc1-2. The van der Waals surface area contributed by atoms with E-state index in [0.29, 0.717) is 0 Å². The van der Waals surface area contributed by atoms with E-state index < -0.39 is 0 Å². The van der Waals surface area contributed by atoms with Crippen LogP contribution in [-0.2, 0) is 13.6 Å². The number of fused-ring (bicyclic) bond motifs is 7. The Morgan fingerprint density at radius 1 is 1.25 bits per heavy atom. The number of rotatable bonds is 0. The Labute approximate surface area is 115 Å². The first kappa shape index (κ1) is 10.2. The summed E-state index contributed by atoms with van der Waals surface area (Å²) in [6.45, 7) is 0.922. The molecule has 20 heavy (non-hydrogen) atoms. The van der Waals surface area contributed by atoms with E-state index in [-0.39, 0.29) is 0 Å². The number of pyridine rings is 2. The number of hydrogen-bond donors (Lipinski definition) is 0. The van der Waals surface area contributed by atoms with E-state index in [1.54, 1.807) is 0 Å². The molecule has 5 heterocycles. The number of nitrogens with zero attached hydrogens (tertiary/aromatic N) is 4. The minimum Gasteiger partial charge on any atom is -0.264 e. The molecule has 0 bridgehead atoms. The van der Waals surface area contributed by atoms with Crippen molar-refractivity contribution in [2.75, 3.05) is 0 Å². The van der Waals surface area contributed by atoms with Crippen LogP contribution in [0.3, 0.4) is 0 Å². The molecule has 0 fully saturated rings. The summed E-state index contributed by atoms with van der Waals surface area (Å²) in [5.41, 5.74) is 6.35. The van der Waals surface area contributed by atoms with Gasteiger partial charge in [0.2, 0.25) is 5.82 Å². The molecule has 0 aromatic carbocycles. The number of imidazole rings is 1. The van der Waals surface area contributed by atoms with Crippen molar-refractivity contribution in [2.45, 2.75) is 6.54 Å². The molecule has 1 aliphatic rings. The second-order valence-electron chi connectivity index (χ2n) is 5.35. The van der Waals surface area contributed by atoms with Crippen LogP contribution in [0.25, 0.3) is 28.1 Å². The largest absolute Gasteiger partial charge is 0.273 e. The summed E-state index contributed by atoms with van der Waals surface area (Å²) < 4.78 is 6.92. The van der Waals surface area contributed by atoms with Crippen LogP contribution in [0.2, 0.25) is 0 Å². The minimum absolute atomic E-state index is 0.922. The lowest BCUT2D eigenvalue weighted by atomic mass is 10.2. The molecule has 4 heteroatoms. The standard InChI is InChI=1S/C16H13N4/c1-18-14-8-12-4-2-3-7-19(12)16(14)20-10-11-5-6-17-9-13(11)15(18)20/h2-9H,10H2,1H3/q+1. The van der Waals surface area contributed by atoms with Crippen LogP contribution in [0.5, 0.6) is 0 Å². The maximum Gasteiger partial charge on any atom is 0.273 e. The van der Waals surface area contributed by atoms with Crippen LogP contribution < -0.4 is 4.57 Å². The van der Waals surface area contributed by atoms with Crippen LogP contribution in [0.4, 0.5) is 0 Å². The van der Waals surface area contributed by atoms with Gasteiger partial charge in [-0.25, -0.2) is 8.97 Å². The zero-order valence-electron chi connectivity index (χ0n) is 11.1. The van der Waals surface area contributed by atoms with Crippen molar-refractivity contribution in [1.82, 2.24) is 14.0 Å². The average molecular weight is 261 g/mol. The highest BCUT2D eigenvalue weighted by Crippen LogP contribution is 2.31. The summed E-state index contributed by atoms with van der Waals surface area (Å²) in [6, 6.07) is 10.7. The van der Waals surface area contributed by atoms with Crippen LogP contribution in [-0.4, -0.2) is 14.0 Å². The van der Waals surface area contributed by atoms with E-state index in [0.717, 1.165) is 6.54 Å². The third-order valence-electron chi connectivity index (χ3n) is 4.30. The fourth-order valence-corrected chi connectivity index (χ4v) is 3.41. The van der Waals surface area contributed by atoms with Crippen molar-refractivity contribution in [3.05, 3.63) is 54.5 Å². The smallest absolute Gasteiger partial charge is 0.264 e. The van der Waals surface area contributed by atoms with Gasteiger partial charge in [-0.1, -0.05) is 6.07 Å². The van der Waals surface area contributed by atoms with Crippen LogP contribution in [0, 0.1) is 0 Å². The molecular formula is C16H13N4+. The van der Waals surface area contributed by atoms with E-state index in [1.807, 2.05) is 12.4 Å². The molecule has 1 aliphatic heterocycles. The summed E-state index contributed by atoms with van der Waals surface area (Å²) in [5.74, 6) is 1.25. The molecule has 96 valence electrons. The molecule has 4 aromatic heterocycles. The van der Waals surface area contributed by atoms with Gasteiger partial charge < -0.3 is 0 Å². The van der Waals surface area contributed by atoms with Crippen LogP contribution in [0.1, 0.15) is 5.56 Å². The Balaban J connectivity index is 1.99. The highest BCUT2D eigenvalue weighted by molar-refractivity contribution is 5.82. The molecule has 0 unspecified atom stereocenters. The van der Waals surface area contributed by atoms with Gasteiger partial charge in [-0.3, -0.25) is 9.55 Å². The molecule has 0 radical (unpaired) electrons. The minimum atomic E-state index is 0.922. The Morgan fingerprint density at radius 2 is 2.20 bits per heavy atom. The Bertz CT molecular complexity index is 990. The molecule has 0 atom stereocenters. The van der Waals surface area contributed by atoms with E-state index >= 15 is 0 Å². The highest BCUT2D eigenvalue weighted by Gasteiger charge is 2.32. The van der Waals surface area contributed by atoms with Crippen molar-refractivity contribution < 1.29 is 4.57 Å². The average Bonchev–Trinajstić information content (AvgIpc) is 3.10. The quantitative estimate of drug-likeness (QED) is 0.392. The van der Waals surface area contributed by atoms with Crippen molar-refractivity contribution in [2.24, 2.45) is 7.05 Å². The summed E-state index contributed by atoms with van der Waals surface area (Å²) in [4.78, 5) is 4.28. The molecule has 0 N–H and O–H groups in total. The Morgan fingerprint density at radius 3 is 3.15 bits per heavy atom. The highest BCUT2D eigenvalue weighted by atomic mass is 15.2. The summed E-state index contributed by atoms with van der Waals surface area (Å²) in [6.07, 6.45) is 5.98. The fourth-order valence-electron chi connectivity index (χ4n) is 3.41. The van der Waals surface area contributed by atoms with Crippen molar-refractivity contribution in [3.63, 3.8) is 0 Å². The number of hydrogen-bond acceptors (Lipinski definition) is 1. The number of aromatic nitrogens is 4. The van der Waals surface area contributed by atoms with Gasteiger partial charge in [0.05, 0.1) is 25.4 Å². The maximum atomic E-state index is 4.28. The summed E-state index contributed by atoms with van der Waals surface area (Å²) in [7, 11) is 2.13. The van der Waals surface area contributed by atoms with Crippen LogP contribution >= 0.6 is 0 Å². The topological polar surface area (TPSA) is 26.1 Å². The van der Waals surface area contributed by atoms with Crippen molar-refractivity contribution in [3.8, 4) is 11.4 Å². The fraction of sp³-hybridized carbons (Fsp3) is 0.125. The van der Waals surface area contributed by atoms with Gasteiger partial charge in [0, 0.05) is 24.0 Å². The first-order valence-electron chi connectivity index (χ1n) is 6.76. The zero-order valence-corrected chi connectivity index (χ0v) is 11.1. The molecular weight excluding hydrogens is 248 g/mol. The molecule has 5 rings (SSSR count). The van der Waals surface area contributed by atoms with Gasteiger partial charge in [0.1, 0.15) is 5.52 Å². The van der Waals surface area contributed by atoms with Crippen LogP contribution in [0.15, 0.2) is 48.9 Å². The molecule has 0 spiro atoms. The predicted molar refractivity (Wildman–Crippen MR) is 76.4 cm³/mol. The van der Waals surface area contributed by atoms with Gasteiger partial charge >= 0.3 is 0 Å². The first-order valence-corrected chi connectivity index (χ1v) is 6.76. The van der Waals surface area contributed by atoms with Gasteiger partial charge in [-0.15, -0.1) is 0 Å². The van der Waals surface area contributed by atoms with E-state index in [2.05, 4.69) is 62.1 Å². The molecule has 4 nitrogen and oxygen atoms in total. The van der Waals surface area contributed by atoms with E-state index in [1.165, 1.54) is 33.6 Å². The molecule has 0 aliphatic carbocycles. The Hall–Kier alpha value is -2.62. The lowest BCUT2D eigenvalue weighted by Gasteiger charge is -1.95. The maximum absolute atomic E-state index is 4.28. The van der Waals surface area contributed by atoms with Gasteiger partial charge in [0.25, 0.3) is 5.65 Å². The summed E-state index contributed by atoms with van der Waals surface area (Å²) in [5, 5.41) is 0. The van der Waals surface area contributed by atoms with Gasteiger partial charge in [-0.05, 0) is 18.2 Å². The molecule has 4 aromatic rings. The monoisotopic (exact) mass is 261 g/mol. The van der Waals surface area contributed by atoms with E-state index in [4.69, 9.17) is 0 Å². The van der Waals surface area contributed by atoms with E-state index in [9.17, 15) is 0 Å². The lowest BCUT2D eigenvalue weighted by molar-refractivity contribution is -0.648. The Kier molecular flexibility index (Phi) is 1.67. The van der Waals surface area contributed by atoms with Gasteiger partial charge in [-0.2, -0.15) is 0 Å². The van der Waals surface area contributed by atoms with Gasteiger partial charge in [0.15, 0.2) is 5.52 Å². The molecule has 0 amide bonds. The third kappa shape index (κ3) is 1.04. The molecule has 0 saturated heterocycles. The first-order chi connectivity index (χ1) is 9.84. The number of aryl methyl sites for hydroxylation is 1. The second-order valence-corrected chi connectivity index (χ2v) is 5.35. The third-order valence-corrected chi connectivity index (χ3v) is 4.30. The normalized spacial score (nSPS) is 13.1. The lowest BCUT2D eigenvalue weighted by Crippen LogP contribution is -2.32. The predicted octanol–water partition coefficient (Wildman–Crippen LogP) is 2.14. The molecule has 0 saturated carbocycles. The van der Waals surface area contributed by atoms with Crippen molar-refractivity contribution >= 4 is 16.7 Å². The van der Waals surface area contributed by atoms with Crippen molar-refractivity contribution in [1.29, 1.82) is 0 Å². The summed E-state index contributed by atoms with van der Waals surface area (Å²) >= 11 is 0. The zero-order chi connectivity index (χ0) is 13.3.